The average Bonchev–Trinajstić information content (AvgIpc) is 2.65. The van der Waals surface area contributed by atoms with Gasteiger partial charge in [-0.05, 0) is 58.1 Å². The van der Waals surface area contributed by atoms with Gasteiger partial charge in [0.25, 0.3) is 0 Å². The highest BCUT2D eigenvalue weighted by atomic mass is 16.7. The van der Waals surface area contributed by atoms with Crippen molar-refractivity contribution in [3.63, 3.8) is 0 Å². The van der Waals surface area contributed by atoms with Crippen LogP contribution in [0.4, 0.5) is 0 Å². The van der Waals surface area contributed by atoms with E-state index in [1.807, 2.05) is 24.3 Å². The zero-order valence-corrected chi connectivity index (χ0v) is 14.1. The van der Waals surface area contributed by atoms with E-state index in [1.165, 1.54) is 0 Å². The highest BCUT2D eigenvalue weighted by Crippen LogP contribution is 2.36. The van der Waals surface area contributed by atoms with E-state index < -0.39 is 0 Å². The maximum absolute atomic E-state index is 6.05. The number of hydrogen-bond acceptors (Lipinski definition) is 3. The van der Waals surface area contributed by atoms with Crippen LogP contribution in [0, 0.1) is 0 Å². The van der Waals surface area contributed by atoms with Crippen molar-refractivity contribution in [3.8, 4) is 5.75 Å². The molecular weight excluding hydrogens is 263 g/mol. The molecule has 0 saturated carbocycles. The Balaban J connectivity index is 2.07. The molecular formula is C17H27BO3. The Kier molecular flexibility index (Phi) is 4.69. The maximum Gasteiger partial charge on any atom is 0.494 e. The second kappa shape index (κ2) is 6.01. The molecule has 0 aliphatic carbocycles. The standard InChI is InChI=1S/C17H27BO3/c1-7-14(8-2)19-15-11-9-13(10-12-15)18-20-16(3,4)17(5,6)21-18/h9-12,14H,7-8H2,1-6H3. The summed E-state index contributed by atoms with van der Waals surface area (Å²) >= 11 is 0. The van der Waals surface area contributed by atoms with E-state index in [9.17, 15) is 0 Å². The molecule has 0 aromatic heterocycles. The number of rotatable bonds is 5. The van der Waals surface area contributed by atoms with Gasteiger partial charge in [0, 0.05) is 0 Å². The molecule has 0 radical (unpaired) electrons. The molecule has 116 valence electrons. The van der Waals surface area contributed by atoms with Gasteiger partial charge < -0.3 is 14.0 Å². The van der Waals surface area contributed by atoms with Crippen LogP contribution in [0.3, 0.4) is 0 Å². The molecule has 1 saturated heterocycles. The van der Waals surface area contributed by atoms with Crippen LogP contribution in [0.2, 0.25) is 0 Å². The van der Waals surface area contributed by atoms with Gasteiger partial charge in [-0.3, -0.25) is 0 Å². The van der Waals surface area contributed by atoms with E-state index >= 15 is 0 Å². The van der Waals surface area contributed by atoms with Crippen LogP contribution >= 0.6 is 0 Å². The molecule has 0 bridgehead atoms. The molecule has 0 atom stereocenters. The van der Waals surface area contributed by atoms with E-state index in [0.29, 0.717) is 0 Å². The first kappa shape index (κ1) is 16.4. The van der Waals surface area contributed by atoms with Crippen molar-refractivity contribution in [2.45, 2.75) is 71.7 Å². The Morgan fingerprint density at radius 3 is 1.86 bits per heavy atom. The van der Waals surface area contributed by atoms with Gasteiger partial charge in [-0.1, -0.05) is 26.0 Å². The lowest BCUT2D eigenvalue weighted by atomic mass is 9.79. The molecule has 0 spiro atoms. The van der Waals surface area contributed by atoms with Gasteiger partial charge >= 0.3 is 7.12 Å². The van der Waals surface area contributed by atoms with Crippen molar-refractivity contribution in [1.82, 2.24) is 0 Å². The molecule has 2 rings (SSSR count). The third kappa shape index (κ3) is 3.43. The maximum atomic E-state index is 6.05. The number of ether oxygens (including phenoxy) is 1. The fourth-order valence-electron chi connectivity index (χ4n) is 2.33. The molecule has 0 amide bonds. The van der Waals surface area contributed by atoms with E-state index in [0.717, 1.165) is 24.1 Å². The molecule has 1 heterocycles. The molecule has 0 unspecified atom stereocenters. The SMILES string of the molecule is CCC(CC)Oc1ccc(B2OC(C)(C)C(C)(C)O2)cc1. The predicted octanol–water partition coefficient (Wildman–Crippen LogP) is 3.55. The van der Waals surface area contributed by atoms with E-state index in [2.05, 4.69) is 41.5 Å². The molecule has 1 fully saturated rings. The van der Waals surface area contributed by atoms with Crippen LogP contribution in [0.25, 0.3) is 0 Å². The number of benzene rings is 1. The first-order valence-electron chi connectivity index (χ1n) is 7.91. The third-order valence-electron chi connectivity index (χ3n) is 4.62. The summed E-state index contributed by atoms with van der Waals surface area (Å²) in [5, 5.41) is 0. The Labute approximate surface area is 129 Å². The van der Waals surface area contributed by atoms with Crippen molar-refractivity contribution in [3.05, 3.63) is 24.3 Å². The molecule has 1 aliphatic heterocycles. The first-order chi connectivity index (χ1) is 9.79. The monoisotopic (exact) mass is 290 g/mol. The van der Waals surface area contributed by atoms with E-state index in [4.69, 9.17) is 14.0 Å². The van der Waals surface area contributed by atoms with Gasteiger partial charge in [0.1, 0.15) is 5.75 Å². The highest BCUT2D eigenvalue weighted by Gasteiger charge is 2.51. The van der Waals surface area contributed by atoms with Gasteiger partial charge in [0.05, 0.1) is 17.3 Å². The van der Waals surface area contributed by atoms with E-state index in [1.54, 1.807) is 0 Å². The summed E-state index contributed by atoms with van der Waals surface area (Å²) in [7, 11) is -0.308. The van der Waals surface area contributed by atoms with Crippen LogP contribution in [0.1, 0.15) is 54.4 Å². The second-order valence-corrected chi connectivity index (χ2v) is 6.71. The quantitative estimate of drug-likeness (QED) is 0.776. The van der Waals surface area contributed by atoms with Crippen molar-refractivity contribution in [2.24, 2.45) is 0 Å². The zero-order chi connectivity index (χ0) is 15.7. The lowest BCUT2D eigenvalue weighted by molar-refractivity contribution is 0.00578. The van der Waals surface area contributed by atoms with Gasteiger partial charge in [0.15, 0.2) is 0 Å². The minimum atomic E-state index is -0.308. The molecule has 21 heavy (non-hydrogen) atoms. The molecule has 1 aliphatic rings. The lowest BCUT2D eigenvalue weighted by Gasteiger charge is -2.32. The topological polar surface area (TPSA) is 27.7 Å². The predicted molar refractivity (Wildman–Crippen MR) is 87.2 cm³/mol. The summed E-state index contributed by atoms with van der Waals surface area (Å²) in [5.74, 6) is 0.906. The first-order valence-corrected chi connectivity index (χ1v) is 7.91. The summed E-state index contributed by atoms with van der Waals surface area (Å²) in [6, 6.07) is 8.05. The smallest absolute Gasteiger partial charge is 0.490 e. The van der Waals surface area contributed by atoms with Crippen LogP contribution in [0.5, 0.6) is 5.75 Å². The van der Waals surface area contributed by atoms with Gasteiger partial charge in [-0.2, -0.15) is 0 Å². The van der Waals surface area contributed by atoms with Crippen molar-refractivity contribution in [2.75, 3.05) is 0 Å². The fourth-order valence-corrected chi connectivity index (χ4v) is 2.33. The van der Waals surface area contributed by atoms with Crippen LogP contribution in [-0.4, -0.2) is 24.4 Å². The Morgan fingerprint density at radius 2 is 1.43 bits per heavy atom. The molecule has 3 nitrogen and oxygen atoms in total. The number of hydrogen-bond donors (Lipinski definition) is 0. The van der Waals surface area contributed by atoms with Gasteiger partial charge in [0.2, 0.25) is 0 Å². The summed E-state index contributed by atoms with van der Waals surface area (Å²) in [5.41, 5.74) is 0.426. The summed E-state index contributed by atoms with van der Waals surface area (Å²) in [6.07, 6.45) is 2.33. The third-order valence-corrected chi connectivity index (χ3v) is 4.62. The largest absolute Gasteiger partial charge is 0.494 e. The fraction of sp³-hybridized carbons (Fsp3) is 0.647. The summed E-state index contributed by atoms with van der Waals surface area (Å²) < 4.78 is 18.0. The van der Waals surface area contributed by atoms with Crippen molar-refractivity contribution >= 4 is 12.6 Å². The minimum absolute atomic E-state index is 0.285. The Morgan fingerprint density at radius 1 is 0.952 bits per heavy atom. The van der Waals surface area contributed by atoms with Gasteiger partial charge in [-0.15, -0.1) is 0 Å². The average molecular weight is 290 g/mol. The highest BCUT2D eigenvalue weighted by molar-refractivity contribution is 6.62. The normalized spacial score (nSPS) is 20.0. The second-order valence-electron chi connectivity index (χ2n) is 6.71. The summed E-state index contributed by atoms with van der Waals surface area (Å²) in [6.45, 7) is 12.6. The Hall–Kier alpha value is -0.995. The lowest BCUT2D eigenvalue weighted by Crippen LogP contribution is -2.41. The van der Waals surface area contributed by atoms with Crippen LogP contribution in [0.15, 0.2) is 24.3 Å². The molecule has 1 aromatic carbocycles. The van der Waals surface area contributed by atoms with Crippen LogP contribution < -0.4 is 10.2 Å². The summed E-state index contributed by atoms with van der Waals surface area (Å²) in [4.78, 5) is 0. The molecule has 0 N–H and O–H groups in total. The van der Waals surface area contributed by atoms with E-state index in [-0.39, 0.29) is 24.4 Å². The zero-order valence-electron chi connectivity index (χ0n) is 14.1. The Bertz CT molecular complexity index is 447. The minimum Gasteiger partial charge on any atom is -0.490 e. The van der Waals surface area contributed by atoms with Crippen molar-refractivity contribution < 1.29 is 14.0 Å². The molecule has 4 heteroatoms. The van der Waals surface area contributed by atoms with Crippen molar-refractivity contribution in [1.29, 1.82) is 0 Å². The van der Waals surface area contributed by atoms with Crippen LogP contribution in [-0.2, 0) is 9.31 Å². The molecule has 1 aromatic rings. The van der Waals surface area contributed by atoms with Gasteiger partial charge in [-0.25, -0.2) is 0 Å².